The number of para-hydroxylation sites is 1. The van der Waals surface area contributed by atoms with Crippen molar-refractivity contribution in [2.24, 2.45) is 0 Å². The van der Waals surface area contributed by atoms with Crippen molar-refractivity contribution in [1.29, 1.82) is 0 Å². The molecule has 4 rings (SSSR count). The first-order valence-electron chi connectivity index (χ1n) is 12.7. The summed E-state index contributed by atoms with van der Waals surface area (Å²) in [6.07, 6.45) is 3.88. The van der Waals surface area contributed by atoms with Crippen LogP contribution >= 0.6 is 23.2 Å². The lowest BCUT2D eigenvalue weighted by atomic mass is 10.1. The Kier molecular flexibility index (Phi) is 9.72. The zero-order valence-electron chi connectivity index (χ0n) is 23.0. The van der Waals surface area contributed by atoms with E-state index in [0.29, 0.717) is 33.3 Å². The second-order valence-corrected chi connectivity index (χ2v) is 12.0. The van der Waals surface area contributed by atoms with Crippen molar-refractivity contribution in [3.8, 4) is 5.75 Å². The lowest BCUT2D eigenvalue weighted by Crippen LogP contribution is -2.37. The molecule has 9 nitrogen and oxygen atoms in total. The number of ether oxygens (including phenoxy) is 1. The molecule has 0 aliphatic rings. The van der Waals surface area contributed by atoms with E-state index in [2.05, 4.69) is 15.0 Å². The van der Waals surface area contributed by atoms with Crippen LogP contribution in [0.15, 0.2) is 72.8 Å². The van der Waals surface area contributed by atoms with Crippen LogP contribution in [0.4, 0.5) is 11.4 Å². The van der Waals surface area contributed by atoms with Crippen molar-refractivity contribution in [3.63, 3.8) is 0 Å². The number of halogens is 2. The minimum absolute atomic E-state index is 0.0507. The number of anilines is 2. The molecule has 0 saturated heterocycles. The van der Waals surface area contributed by atoms with Gasteiger partial charge in [0.15, 0.2) is 0 Å². The van der Waals surface area contributed by atoms with Crippen LogP contribution in [0, 0.1) is 6.92 Å². The second kappa shape index (κ2) is 13.2. The van der Waals surface area contributed by atoms with Gasteiger partial charge in [0.05, 0.1) is 23.5 Å². The Bertz CT molecular complexity index is 1780. The zero-order valence-corrected chi connectivity index (χ0v) is 25.3. The smallest absolute Gasteiger partial charge is 0.246 e. The molecule has 12 heteroatoms. The summed E-state index contributed by atoms with van der Waals surface area (Å²) in [5, 5.41) is 4.12. The van der Waals surface area contributed by atoms with E-state index in [1.807, 2.05) is 37.3 Å². The summed E-state index contributed by atoms with van der Waals surface area (Å²) in [7, 11) is -1.83. The summed E-state index contributed by atoms with van der Waals surface area (Å²) >= 11 is 13.1. The first-order valence-corrected chi connectivity index (χ1v) is 15.3. The summed E-state index contributed by atoms with van der Waals surface area (Å²) in [4.78, 5) is 31.1. The predicted octanol–water partition coefficient (Wildman–Crippen LogP) is 5.59. The molecular weight excluding hydrogens is 599 g/mol. The van der Waals surface area contributed by atoms with Crippen LogP contribution in [0.25, 0.3) is 17.0 Å². The number of sulfonamides is 1. The molecule has 4 aromatic rings. The molecule has 0 spiro atoms. The molecule has 0 aliphatic carbocycles. The average Bonchev–Trinajstić information content (AvgIpc) is 2.94. The molecule has 2 N–H and O–H groups in total. The number of benzene rings is 3. The Morgan fingerprint density at radius 1 is 1.02 bits per heavy atom. The van der Waals surface area contributed by atoms with Gasteiger partial charge in [0.25, 0.3) is 0 Å². The number of aryl methyl sites for hydroxylation is 1. The SMILES string of the molecule is Cc1ccc2cccc(OCc3c(Cl)ccc(N(C)C(=O)CNC(=O)/C=C/c4ccc(NS(C)(=O)=O)cc4)c3Cl)c2n1. The normalized spacial score (nSPS) is 11.5. The van der Waals surface area contributed by atoms with Crippen LogP contribution < -0.4 is 19.7 Å². The fourth-order valence-electron chi connectivity index (χ4n) is 3.98. The molecule has 0 fully saturated rings. The predicted molar refractivity (Wildman–Crippen MR) is 168 cm³/mol. The van der Waals surface area contributed by atoms with E-state index in [0.717, 1.165) is 22.9 Å². The highest BCUT2D eigenvalue weighted by atomic mass is 35.5. The standard InChI is InChI=1S/C30H28Cl2N4O5S/c1-19-7-11-21-5-4-6-26(30(21)34-19)41-18-23-24(31)14-15-25(29(23)32)36(2)28(38)17-33-27(37)16-10-20-8-12-22(13-9-20)35-42(3,39)40/h4-16,35H,17-18H2,1-3H3,(H,33,37)/b16-10+. The molecule has 218 valence electrons. The van der Waals surface area contributed by atoms with Crippen molar-refractivity contribution in [2.75, 3.05) is 29.5 Å². The molecule has 2 amide bonds. The monoisotopic (exact) mass is 626 g/mol. The van der Waals surface area contributed by atoms with E-state index < -0.39 is 21.8 Å². The van der Waals surface area contributed by atoms with Gasteiger partial charge < -0.3 is 15.0 Å². The largest absolute Gasteiger partial charge is 0.487 e. The summed E-state index contributed by atoms with van der Waals surface area (Å²) in [6.45, 7) is 1.68. The van der Waals surface area contributed by atoms with Gasteiger partial charge in [0, 0.05) is 40.5 Å². The molecular formula is C30H28Cl2N4O5S. The number of amides is 2. The van der Waals surface area contributed by atoms with Crippen molar-refractivity contribution >= 4 is 73.4 Å². The maximum Gasteiger partial charge on any atom is 0.246 e. The number of pyridine rings is 1. The summed E-state index contributed by atoms with van der Waals surface area (Å²) in [5.74, 6) is -0.307. The molecule has 1 heterocycles. The Labute approximate surface area is 254 Å². The highest BCUT2D eigenvalue weighted by Gasteiger charge is 2.19. The van der Waals surface area contributed by atoms with Gasteiger partial charge in [-0.05, 0) is 55.0 Å². The maximum atomic E-state index is 12.9. The number of nitrogens with zero attached hydrogens (tertiary/aromatic N) is 2. The Balaban J connectivity index is 1.38. The van der Waals surface area contributed by atoms with Crippen molar-refractivity contribution in [1.82, 2.24) is 10.3 Å². The van der Waals surface area contributed by atoms with Crippen LogP contribution in [0.2, 0.25) is 10.0 Å². The topological polar surface area (TPSA) is 118 Å². The van der Waals surface area contributed by atoms with E-state index in [1.54, 1.807) is 49.5 Å². The number of hydrogen-bond acceptors (Lipinski definition) is 6. The molecule has 3 aromatic carbocycles. The third-order valence-corrected chi connectivity index (χ3v) is 7.53. The molecule has 0 bridgehead atoms. The van der Waals surface area contributed by atoms with Gasteiger partial charge in [0.1, 0.15) is 17.9 Å². The van der Waals surface area contributed by atoms with Crippen LogP contribution in [-0.4, -0.2) is 45.1 Å². The molecule has 0 radical (unpaired) electrons. The van der Waals surface area contributed by atoms with Gasteiger partial charge in [0.2, 0.25) is 21.8 Å². The van der Waals surface area contributed by atoms with Crippen LogP contribution in [0.1, 0.15) is 16.8 Å². The van der Waals surface area contributed by atoms with Crippen molar-refractivity contribution < 1.29 is 22.7 Å². The van der Waals surface area contributed by atoms with Crippen molar-refractivity contribution in [3.05, 3.63) is 99.7 Å². The average molecular weight is 628 g/mol. The summed E-state index contributed by atoms with van der Waals surface area (Å²) < 4.78 is 31.1. The van der Waals surface area contributed by atoms with Gasteiger partial charge in [-0.15, -0.1) is 0 Å². The molecule has 0 atom stereocenters. The fourth-order valence-corrected chi connectivity index (χ4v) is 5.15. The van der Waals surface area contributed by atoms with E-state index in [9.17, 15) is 18.0 Å². The quantitative estimate of drug-likeness (QED) is 0.221. The minimum atomic E-state index is -3.38. The summed E-state index contributed by atoms with van der Waals surface area (Å²) in [5.41, 5.74) is 3.57. The van der Waals surface area contributed by atoms with E-state index in [4.69, 9.17) is 27.9 Å². The lowest BCUT2D eigenvalue weighted by molar-refractivity contribution is -0.122. The lowest BCUT2D eigenvalue weighted by Gasteiger charge is -2.21. The number of fused-ring (bicyclic) bond motifs is 1. The molecule has 0 aliphatic heterocycles. The zero-order chi connectivity index (χ0) is 30.4. The number of hydrogen-bond donors (Lipinski definition) is 2. The third kappa shape index (κ3) is 8.00. The molecule has 0 saturated carbocycles. The highest BCUT2D eigenvalue weighted by Crippen LogP contribution is 2.35. The summed E-state index contributed by atoms with van der Waals surface area (Å²) in [6, 6.07) is 19.2. The fraction of sp³-hybridized carbons (Fsp3) is 0.167. The van der Waals surface area contributed by atoms with Crippen LogP contribution in [0.3, 0.4) is 0 Å². The first kappa shape index (κ1) is 30.8. The first-order chi connectivity index (χ1) is 19.9. The minimum Gasteiger partial charge on any atom is -0.487 e. The van der Waals surface area contributed by atoms with E-state index in [-0.39, 0.29) is 18.2 Å². The molecule has 0 unspecified atom stereocenters. The van der Waals surface area contributed by atoms with E-state index >= 15 is 0 Å². The Hall–Kier alpha value is -4.12. The van der Waals surface area contributed by atoms with Gasteiger partial charge >= 0.3 is 0 Å². The maximum absolute atomic E-state index is 12.9. The van der Waals surface area contributed by atoms with Gasteiger partial charge in [-0.25, -0.2) is 13.4 Å². The van der Waals surface area contributed by atoms with Crippen LogP contribution in [-0.2, 0) is 26.2 Å². The number of rotatable bonds is 10. The van der Waals surface area contributed by atoms with Crippen molar-refractivity contribution in [2.45, 2.75) is 13.5 Å². The number of nitrogens with one attached hydrogen (secondary N) is 2. The molecule has 42 heavy (non-hydrogen) atoms. The Morgan fingerprint density at radius 2 is 1.76 bits per heavy atom. The Morgan fingerprint density at radius 3 is 2.48 bits per heavy atom. The highest BCUT2D eigenvalue weighted by molar-refractivity contribution is 7.92. The van der Waals surface area contributed by atoms with Gasteiger partial charge in [-0.1, -0.05) is 53.5 Å². The number of likely N-dealkylation sites (N-methyl/N-ethyl adjacent to an activating group) is 1. The number of carbonyl (C=O) groups excluding carboxylic acids is 2. The van der Waals surface area contributed by atoms with E-state index in [1.165, 1.54) is 11.0 Å². The number of aromatic nitrogens is 1. The number of carbonyl (C=O) groups is 2. The second-order valence-electron chi connectivity index (χ2n) is 9.43. The van der Waals surface area contributed by atoms with Gasteiger partial charge in [-0.2, -0.15) is 0 Å². The van der Waals surface area contributed by atoms with Gasteiger partial charge in [-0.3, -0.25) is 14.3 Å². The molecule has 1 aromatic heterocycles. The third-order valence-electron chi connectivity index (χ3n) is 6.15. The van der Waals surface area contributed by atoms with Crippen LogP contribution in [0.5, 0.6) is 5.75 Å².